The lowest BCUT2D eigenvalue weighted by Gasteiger charge is -2.17. The molecule has 1 heterocycles. The highest BCUT2D eigenvalue weighted by atomic mass is 16.5. The average Bonchev–Trinajstić information content (AvgIpc) is 3.31. The number of rotatable bonds is 10. The molecule has 4 aromatic rings. The van der Waals surface area contributed by atoms with E-state index in [1.807, 2.05) is 56.6 Å². The van der Waals surface area contributed by atoms with Gasteiger partial charge in [0.25, 0.3) is 0 Å². The summed E-state index contributed by atoms with van der Waals surface area (Å²) < 4.78 is 18.9. The number of ether oxygens (including phenoxy) is 3. The standard InChI is InChI=1S/C27H29N3O5/c1-29(2)15-8-16-35-23-14-13-21(18-9-5-6-10-19(18)23)30-22(17-20(28-30)27(31)32)26-24(33-3)11-7-12-25(26)34-4/h5-7,9-14,17H,8,15-16H2,1-4H3,(H,31,32). The molecule has 35 heavy (non-hydrogen) atoms. The van der Waals surface area contributed by atoms with Crippen molar-refractivity contribution in [2.45, 2.75) is 6.42 Å². The maximum atomic E-state index is 11.9. The molecule has 0 aliphatic carbocycles. The predicted octanol–water partition coefficient (Wildman–Crippen LogP) is 4.74. The lowest BCUT2D eigenvalue weighted by atomic mass is 10.1. The predicted molar refractivity (Wildman–Crippen MR) is 135 cm³/mol. The molecule has 0 bridgehead atoms. The SMILES string of the molecule is COc1cccc(OC)c1-c1cc(C(=O)O)nn1-c1ccc(OCCCN(C)C)c2ccccc12. The zero-order valence-electron chi connectivity index (χ0n) is 20.3. The number of hydrogen-bond acceptors (Lipinski definition) is 6. The van der Waals surface area contributed by atoms with Crippen LogP contribution < -0.4 is 14.2 Å². The van der Waals surface area contributed by atoms with Crippen LogP contribution in [-0.4, -0.2) is 67.2 Å². The fourth-order valence-corrected chi connectivity index (χ4v) is 4.08. The third-order valence-corrected chi connectivity index (χ3v) is 5.71. The van der Waals surface area contributed by atoms with Crippen molar-refractivity contribution in [3.63, 3.8) is 0 Å². The van der Waals surface area contributed by atoms with Gasteiger partial charge in [-0.3, -0.25) is 0 Å². The number of aromatic carboxylic acids is 1. The fourth-order valence-electron chi connectivity index (χ4n) is 4.08. The Morgan fingerprint density at radius 3 is 2.26 bits per heavy atom. The van der Waals surface area contributed by atoms with Crippen molar-refractivity contribution < 1.29 is 24.1 Å². The molecule has 0 atom stereocenters. The Morgan fingerprint density at radius 1 is 0.943 bits per heavy atom. The highest BCUT2D eigenvalue weighted by Gasteiger charge is 2.23. The monoisotopic (exact) mass is 475 g/mol. The molecule has 0 spiro atoms. The van der Waals surface area contributed by atoms with Gasteiger partial charge < -0.3 is 24.2 Å². The first-order valence-corrected chi connectivity index (χ1v) is 11.3. The van der Waals surface area contributed by atoms with Crippen LogP contribution in [0.3, 0.4) is 0 Å². The second-order valence-electron chi connectivity index (χ2n) is 8.30. The van der Waals surface area contributed by atoms with Crippen LogP contribution in [0.25, 0.3) is 27.7 Å². The average molecular weight is 476 g/mol. The summed E-state index contributed by atoms with van der Waals surface area (Å²) in [5, 5.41) is 16.0. The first kappa shape index (κ1) is 24.1. The van der Waals surface area contributed by atoms with Crippen LogP contribution in [0.1, 0.15) is 16.9 Å². The van der Waals surface area contributed by atoms with Crippen LogP contribution in [0.4, 0.5) is 0 Å². The van der Waals surface area contributed by atoms with Crippen molar-refractivity contribution in [1.29, 1.82) is 0 Å². The molecule has 8 nitrogen and oxygen atoms in total. The molecule has 182 valence electrons. The van der Waals surface area contributed by atoms with Crippen molar-refractivity contribution in [3.8, 4) is 34.2 Å². The largest absolute Gasteiger partial charge is 0.496 e. The molecule has 0 saturated heterocycles. The van der Waals surface area contributed by atoms with Gasteiger partial charge in [0.1, 0.15) is 17.2 Å². The van der Waals surface area contributed by atoms with Gasteiger partial charge in [-0.25, -0.2) is 9.48 Å². The fraction of sp³-hybridized carbons (Fsp3) is 0.259. The highest BCUT2D eigenvalue weighted by Crippen LogP contribution is 2.41. The van der Waals surface area contributed by atoms with E-state index in [-0.39, 0.29) is 5.69 Å². The van der Waals surface area contributed by atoms with Gasteiger partial charge in [0.2, 0.25) is 0 Å². The maximum absolute atomic E-state index is 11.9. The Hall–Kier alpha value is -4.04. The Kier molecular flexibility index (Phi) is 7.22. The van der Waals surface area contributed by atoms with Gasteiger partial charge in [-0.05, 0) is 50.8 Å². The molecule has 4 rings (SSSR count). The molecule has 1 aromatic heterocycles. The molecule has 0 fully saturated rings. The normalized spacial score (nSPS) is 11.1. The number of methoxy groups -OCH3 is 2. The van der Waals surface area contributed by atoms with Crippen LogP contribution in [-0.2, 0) is 0 Å². The number of carboxylic acid groups (broad SMARTS) is 1. The van der Waals surface area contributed by atoms with E-state index in [1.165, 1.54) is 6.07 Å². The third kappa shape index (κ3) is 4.93. The van der Waals surface area contributed by atoms with E-state index >= 15 is 0 Å². The van der Waals surface area contributed by atoms with Crippen LogP contribution in [0, 0.1) is 0 Å². The molecule has 0 saturated carbocycles. The third-order valence-electron chi connectivity index (χ3n) is 5.71. The molecule has 0 aliphatic rings. The van der Waals surface area contributed by atoms with Gasteiger partial charge >= 0.3 is 5.97 Å². The summed E-state index contributed by atoms with van der Waals surface area (Å²) >= 11 is 0. The number of carboxylic acids is 1. The molecule has 0 amide bonds. The second kappa shape index (κ2) is 10.5. The molecule has 0 unspecified atom stereocenters. The molecule has 0 radical (unpaired) electrons. The highest BCUT2D eigenvalue weighted by molar-refractivity contribution is 5.96. The molecular weight excluding hydrogens is 446 g/mol. The van der Waals surface area contributed by atoms with Crippen LogP contribution in [0.2, 0.25) is 0 Å². The second-order valence-corrected chi connectivity index (χ2v) is 8.30. The van der Waals surface area contributed by atoms with E-state index in [2.05, 4.69) is 10.00 Å². The number of aromatic nitrogens is 2. The molecule has 3 aromatic carbocycles. The lowest BCUT2D eigenvalue weighted by Crippen LogP contribution is -2.15. The van der Waals surface area contributed by atoms with Crippen molar-refractivity contribution >= 4 is 16.7 Å². The van der Waals surface area contributed by atoms with Gasteiger partial charge in [0.15, 0.2) is 5.69 Å². The van der Waals surface area contributed by atoms with Gasteiger partial charge in [-0.1, -0.05) is 30.3 Å². The summed E-state index contributed by atoms with van der Waals surface area (Å²) in [7, 11) is 7.20. The number of carbonyl (C=O) groups is 1. The van der Waals surface area contributed by atoms with E-state index < -0.39 is 5.97 Å². The minimum absolute atomic E-state index is 0.0824. The Morgan fingerprint density at radius 2 is 1.63 bits per heavy atom. The van der Waals surface area contributed by atoms with Crippen LogP contribution >= 0.6 is 0 Å². The van der Waals surface area contributed by atoms with Crippen molar-refractivity contribution in [1.82, 2.24) is 14.7 Å². The molecule has 0 aliphatic heterocycles. The number of fused-ring (bicyclic) bond motifs is 1. The number of nitrogens with zero attached hydrogens (tertiary/aromatic N) is 3. The van der Waals surface area contributed by atoms with Gasteiger partial charge in [-0.15, -0.1) is 0 Å². The first-order chi connectivity index (χ1) is 16.9. The quantitative estimate of drug-likeness (QED) is 0.332. The van der Waals surface area contributed by atoms with Gasteiger partial charge in [-0.2, -0.15) is 5.10 Å². The van der Waals surface area contributed by atoms with Crippen molar-refractivity contribution in [3.05, 3.63) is 66.4 Å². The van der Waals surface area contributed by atoms with Gasteiger partial charge in [0, 0.05) is 17.3 Å². The first-order valence-electron chi connectivity index (χ1n) is 11.3. The van der Waals surface area contributed by atoms with E-state index in [4.69, 9.17) is 14.2 Å². The van der Waals surface area contributed by atoms with Gasteiger partial charge in [0.05, 0.1) is 37.8 Å². The summed E-state index contributed by atoms with van der Waals surface area (Å²) in [6.07, 6.45) is 0.905. The zero-order chi connectivity index (χ0) is 24.9. The summed E-state index contributed by atoms with van der Waals surface area (Å²) in [5.41, 5.74) is 1.80. The zero-order valence-corrected chi connectivity index (χ0v) is 20.3. The Bertz CT molecular complexity index is 1320. The van der Waals surface area contributed by atoms with Crippen molar-refractivity contribution in [2.24, 2.45) is 0 Å². The van der Waals surface area contributed by atoms with Crippen LogP contribution in [0.15, 0.2) is 60.7 Å². The van der Waals surface area contributed by atoms with E-state index in [0.29, 0.717) is 29.4 Å². The van der Waals surface area contributed by atoms with E-state index in [0.717, 1.165) is 35.2 Å². The summed E-state index contributed by atoms with van der Waals surface area (Å²) in [5.74, 6) is 0.745. The van der Waals surface area contributed by atoms with Crippen LogP contribution in [0.5, 0.6) is 17.2 Å². The molecular formula is C27H29N3O5. The van der Waals surface area contributed by atoms with E-state index in [9.17, 15) is 9.90 Å². The lowest BCUT2D eigenvalue weighted by molar-refractivity contribution is 0.0690. The topological polar surface area (TPSA) is 86.1 Å². The summed E-state index contributed by atoms with van der Waals surface area (Å²) in [6.45, 7) is 1.53. The summed E-state index contributed by atoms with van der Waals surface area (Å²) in [4.78, 5) is 14.0. The maximum Gasteiger partial charge on any atom is 0.356 e. The number of benzene rings is 3. The van der Waals surface area contributed by atoms with E-state index in [1.54, 1.807) is 31.0 Å². The molecule has 8 heteroatoms. The Balaban J connectivity index is 1.87. The minimum atomic E-state index is -1.12. The Labute approximate surface area is 204 Å². The van der Waals surface area contributed by atoms with Crippen molar-refractivity contribution in [2.75, 3.05) is 41.5 Å². The summed E-state index contributed by atoms with van der Waals surface area (Å²) in [6, 6.07) is 18.6. The minimum Gasteiger partial charge on any atom is -0.496 e. The number of hydrogen-bond donors (Lipinski definition) is 1. The smallest absolute Gasteiger partial charge is 0.356 e. The molecule has 1 N–H and O–H groups in total.